The van der Waals surface area contributed by atoms with Gasteiger partial charge in [0.15, 0.2) is 6.61 Å². The number of carbonyl (C=O) groups excluding carboxylic acids is 1. The lowest BCUT2D eigenvalue weighted by Crippen LogP contribution is -2.34. The van der Waals surface area contributed by atoms with Crippen LogP contribution in [0.2, 0.25) is 0 Å². The molecule has 2 aromatic carbocycles. The Kier molecular flexibility index (Phi) is 7.43. The third-order valence-electron chi connectivity index (χ3n) is 4.55. The van der Waals surface area contributed by atoms with Crippen LogP contribution in [0.5, 0.6) is 17.2 Å². The van der Waals surface area contributed by atoms with Crippen molar-refractivity contribution < 1.29 is 19.0 Å². The fraction of sp³-hybridized carbons (Fsp3) is 0.217. The predicted octanol–water partition coefficient (Wildman–Crippen LogP) is 1.99. The van der Waals surface area contributed by atoms with Gasteiger partial charge in [-0.05, 0) is 48.5 Å². The van der Waals surface area contributed by atoms with Gasteiger partial charge in [0, 0.05) is 18.2 Å². The first-order chi connectivity index (χ1) is 15.5. The average Bonchev–Trinajstić information content (AvgIpc) is 2.83. The average molecular weight is 434 g/mol. The summed E-state index contributed by atoms with van der Waals surface area (Å²) in [5.74, 6) is 1.37. The standard InChI is InChI=1S/C23H22N4O5/c1-30-18-7-9-21(31-2)19(13-18)20-8-10-23(29)27(26-20)12-11-25-22(28)15-32-17-5-3-16(14-24)4-6-17/h3-10,13H,11-12,15H2,1-2H3,(H,25,28). The van der Waals surface area contributed by atoms with Crippen molar-refractivity contribution >= 4 is 5.91 Å². The van der Waals surface area contributed by atoms with E-state index in [0.29, 0.717) is 34.1 Å². The van der Waals surface area contributed by atoms with Crippen LogP contribution >= 0.6 is 0 Å². The molecule has 0 saturated heterocycles. The van der Waals surface area contributed by atoms with Crippen molar-refractivity contribution in [3.63, 3.8) is 0 Å². The largest absolute Gasteiger partial charge is 0.497 e. The molecule has 3 rings (SSSR count). The number of aromatic nitrogens is 2. The van der Waals surface area contributed by atoms with Crippen molar-refractivity contribution in [3.05, 3.63) is 70.5 Å². The Morgan fingerprint density at radius 1 is 1.06 bits per heavy atom. The smallest absolute Gasteiger partial charge is 0.266 e. The second-order valence-electron chi connectivity index (χ2n) is 6.62. The first-order valence-electron chi connectivity index (χ1n) is 9.74. The molecule has 0 aliphatic heterocycles. The number of nitrogens with zero attached hydrogens (tertiary/aromatic N) is 3. The van der Waals surface area contributed by atoms with Gasteiger partial charge in [0.2, 0.25) is 0 Å². The number of nitriles is 1. The minimum Gasteiger partial charge on any atom is -0.497 e. The molecule has 9 heteroatoms. The summed E-state index contributed by atoms with van der Waals surface area (Å²) in [4.78, 5) is 24.2. The van der Waals surface area contributed by atoms with Gasteiger partial charge in [-0.3, -0.25) is 9.59 Å². The molecule has 0 atom stereocenters. The second kappa shape index (κ2) is 10.6. The van der Waals surface area contributed by atoms with E-state index in [9.17, 15) is 9.59 Å². The predicted molar refractivity (Wildman–Crippen MR) is 117 cm³/mol. The molecule has 0 bridgehead atoms. The van der Waals surface area contributed by atoms with Crippen LogP contribution in [0.3, 0.4) is 0 Å². The summed E-state index contributed by atoms with van der Waals surface area (Å²) >= 11 is 0. The number of ether oxygens (including phenoxy) is 3. The van der Waals surface area contributed by atoms with Gasteiger partial charge in [-0.2, -0.15) is 10.4 Å². The van der Waals surface area contributed by atoms with Crippen LogP contribution in [-0.2, 0) is 11.3 Å². The number of nitrogens with one attached hydrogen (secondary N) is 1. The molecule has 9 nitrogen and oxygen atoms in total. The number of carbonyl (C=O) groups is 1. The van der Waals surface area contributed by atoms with E-state index in [1.165, 1.54) is 10.7 Å². The first kappa shape index (κ1) is 22.4. The van der Waals surface area contributed by atoms with Gasteiger partial charge < -0.3 is 19.5 Å². The number of amides is 1. The Bertz CT molecular complexity index is 1180. The lowest BCUT2D eigenvalue weighted by Gasteiger charge is -2.12. The van der Waals surface area contributed by atoms with Gasteiger partial charge in [-0.1, -0.05) is 0 Å². The maximum absolute atomic E-state index is 12.2. The van der Waals surface area contributed by atoms with Crippen LogP contribution in [0.1, 0.15) is 5.56 Å². The van der Waals surface area contributed by atoms with Gasteiger partial charge in [0.1, 0.15) is 17.2 Å². The summed E-state index contributed by atoms with van der Waals surface area (Å²) in [5, 5.41) is 15.9. The molecular formula is C23H22N4O5. The monoisotopic (exact) mass is 434 g/mol. The molecule has 0 aliphatic carbocycles. The van der Waals surface area contributed by atoms with E-state index in [1.807, 2.05) is 6.07 Å². The van der Waals surface area contributed by atoms with Crippen LogP contribution in [0, 0.1) is 11.3 Å². The van der Waals surface area contributed by atoms with E-state index < -0.39 is 0 Å². The second-order valence-corrected chi connectivity index (χ2v) is 6.62. The summed E-state index contributed by atoms with van der Waals surface area (Å²) in [7, 11) is 3.12. The van der Waals surface area contributed by atoms with Crippen molar-refractivity contribution in [1.82, 2.24) is 15.1 Å². The van der Waals surface area contributed by atoms with E-state index in [4.69, 9.17) is 19.5 Å². The topological polar surface area (TPSA) is 115 Å². The van der Waals surface area contributed by atoms with Gasteiger partial charge >= 0.3 is 0 Å². The van der Waals surface area contributed by atoms with Gasteiger partial charge in [0.05, 0.1) is 38.1 Å². The highest BCUT2D eigenvalue weighted by Gasteiger charge is 2.11. The minimum absolute atomic E-state index is 0.182. The molecule has 1 heterocycles. The summed E-state index contributed by atoms with van der Waals surface area (Å²) in [6.45, 7) is 0.192. The van der Waals surface area contributed by atoms with E-state index >= 15 is 0 Å². The maximum atomic E-state index is 12.2. The summed E-state index contributed by atoms with van der Waals surface area (Å²) in [5.41, 5.74) is 1.43. The van der Waals surface area contributed by atoms with Crippen molar-refractivity contribution in [2.75, 3.05) is 27.4 Å². The quantitative estimate of drug-likeness (QED) is 0.548. The number of rotatable bonds is 9. The molecule has 0 unspecified atom stereocenters. The third-order valence-corrected chi connectivity index (χ3v) is 4.55. The molecule has 1 N–H and O–H groups in total. The Morgan fingerprint density at radius 2 is 1.81 bits per heavy atom. The van der Waals surface area contributed by atoms with Gasteiger partial charge in [-0.25, -0.2) is 4.68 Å². The Balaban J connectivity index is 1.60. The lowest BCUT2D eigenvalue weighted by atomic mass is 10.1. The molecule has 0 fully saturated rings. The number of methoxy groups -OCH3 is 2. The van der Waals surface area contributed by atoms with Crippen molar-refractivity contribution in [1.29, 1.82) is 5.26 Å². The van der Waals surface area contributed by atoms with Crippen molar-refractivity contribution in [2.45, 2.75) is 6.54 Å². The van der Waals surface area contributed by atoms with Crippen LogP contribution in [0.4, 0.5) is 0 Å². The van der Waals surface area contributed by atoms with Crippen LogP contribution in [-0.4, -0.2) is 43.1 Å². The van der Waals surface area contributed by atoms with Crippen molar-refractivity contribution in [2.24, 2.45) is 0 Å². The Hall–Kier alpha value is -4.32. The highest BCUT2D eigenvalue weighted by atomic mass is 16.5. The highest BCUT2D eigenvalue weighted by Crippen LogP contribution is 2.31. The summed E-state index contributed by atoms with van der Waals surface area (Å²) in [6, 6.07) is 16.8. The molecular weight excluding hydrogens is 412 g/mol. The zero-order chi connectivity index (χ0) is 22.9. The van der Waals surface area contributed by atoms with E-state index in [0.717, 1.165) is 0 Å². The van der Waals surface area contributed by atoms with Gasteiger partial charge in [-0.15, -0.1) is 0 Å². The fourth-order valence-electron chi connectivity index (χ4n) is 2.89. The van der Waals surface area contributed by atoms with Crippen LogP contribution in [0.25, 0.3) is 11.3 Å². The zero-order valence-electron chi connectivity index (χ0n) is 17.7. The maximum Gasteiger partial charge on any atom is 0.266 e. The first-order valence-corrected chi connectivity index (χ1v) is 9.74. The van der Waals surface area contributed by atoms with Crippen LogP contribution < -0.4 is 25.1 Å². The Labute approximate surface area is 184 Å². The van der Waals surface area contributed by atoms with Crippen LogP contribution in [0.15, 0.2) is 59.4 Å². The molecule has 0 aliphatic rings. The van der Waals surface area contributed by atoms with E-state index in [-0.39, 0.29) is 31.2 Å². The van der Waals surface area contributed by atoms with Gasteiger partial charge in [0.25, 0.3) is 11.5 Å². The van der Waals surface area contributed by atoms with E-state index in [2.05, 4.69) is 10.4 Å². The molecule has 0 spiro atoms. The van der Waals surface area contributed by atoms with E-state index in [1.54, 1.807) is 62.8 Å². The number of benzene rings is 2. The molecule has 32 heavy (non-hydrogen) atoms. The zero-order valence-corrected chi connectivity index (χ0v) is 17.7. The number of hydrogen-bond acceptors (Lipinski definition) is 7. The summed E-state index contributed by atoms with van der Waals surface area (Å²) < 4.78 is 17.3. The molecule has 0 saturated carbocycles. The molecule has 164 valence electrons. The molecule has 1 amide bonds. The Morgan fingerprint density at radius 3 is 2.50 bits per heavy atom. The molecule has 0 radical (unpaired) electrons. The van der Waals surface area contributed by atoms with Crippen molar-refractivity contribution in [3.8, 4) is 34.6 Å². The molecule has 3 aromatic rings. The third kappa shape index (κ3) is 5.64. The highest BCUT2D eigenvalue weighted by molar-refractivity contribution is 5.77. The molecule has 1 aromatic heterocycles. The minimum atomic E-state index is -0.340. The number of hydrogen-bond donors (Lipinski definition) is 1. The normalized spacial score (nSPS) is 10.2. The SMILES string of the molecule is COc1ccc(OC)c(-c2ccc(=O)n(CCNC(=O)COc3ccc(C#N)cc3)n2)c1. The fourth-order valence-corrected chi connectivity index (χ4v) is 2.89. The summed E-state index contributed by atoms with van der Waals surface area (Å²) in [6.07, 6.45) is 0. The lowest BCUT2D eigenvalue weighted by molar-refractivity contribution is -0.123.